The van der Waals surface area contributed by atoms with E-state index in [1.807, 2.05) is 6.07 Å². The van der Waals surface area contributed by atoms with Crippen LogP contribution in [0.15, 0.2) is 176 Å². The van der Waals surface area contributed by atoms with Gasteiger partial charge in [0.05, 0.1) is 22.1 Å². The second-order valence-corrected chi connectivity index (χ2v) is 14.1. The van der Waals surface area contributed by atoms with Crippen LogP contribution in [0.2, 0.25) is 0 Å². The van der Waals surface area contributed by atoms with Gasteiger partial charge in [0, 0.05) is 38.2 Å². The van der Waals surface area contributed by atoms with Crippen LogP contribution in [-0.4, -0.2) is 14.5 Å². The smallest absolute Gasteiger partial charge is 0.235 e. The maximum Gasteiger partial charge on any atom is 0.235 e. The monoisotopic (exact) mass is 675 g/mol. The number of nitrogens with zero attached hydrogens (tertiary/aromatic N) is 3. The zero-order chi connectivity index (χ0) is 34.7. The van der Waals surface area contributed by atoms with Gasteiger partial charge in [-0.2, -0.15) is 0 Å². The van der Waals surface area contributed by atoms with Crippen LogP contribution in [0.1, 0.15) is 22.3 Å². The number of benzene rings is 8. The molecule has 0 saturated heterocycles. The van der Waals surface area contributed by atoms with E-state index in [0.717, 1.165) is 77.4 Å². The zero-order valence-corrected chi connectivity index (χ0v) is 28.5. The van der Waals surface area contributed by atoms with Crippen LogP contribution in [0.5, 0.6) is 11.5 Å². The first-order valence-corrected chi connectivity index (χ1v) is 18.1. The summed E-state index contributed by atoms with van der Waals surface area (Å²) < 4.78 is 9.51. The lowest BCUT2D eigenvalue weighted by Crippen LogP contribution is -2.32. The number of fused-ring (bicyclic) bond motifs is 16. The van der Waals surface area contributed by atoms with Crippen molar-refractivity contribution in [3.8, 4) is 39.8 Å². The Hall–Kier alpha value is -7.04. The van der Waals surface area contributed by atoms with Gasteiger partial charge in [0.25, 0.3) is 0 Å². The van der Waals surface area contributed by atoms with Gasteiger partial charge in [-0.1, -0.05) is 164 Å². The highest BCUT2D eigenvalue weighted by Gasteiger charge is 2.51. The summed E-state index contributed by atoms with van der Waals surface area (Å²) in [6, 6.07) is 62.7. The predicted octanol–water partition coefficient (Wildman–Crippen LogP) is 12.0. The number of rotatable bonds is 2. The Morgan fingerprint density at radius 2 is 1.06 bits per heavy atom. The summed E-state index contributed by atoms with van der Waals surface area (Å²) in [7, 11) is 0. The summed E-state index contributed by atoms with van der Waals surface area (Å²) in [5, 5.41) is 5.53. The summed E-state index contributed by atoms with van der Waals surface area (Å²) in [6.45, 7) is 0. The molecule has 0 radical (unpaired) electrons. The van der Waals surface area contributed by atoms with Gasteiger partial charge in [-0.05, 0) is 39.8 Å². The molecule has 0 fully saturated rings. The first kappa shape index (κ1) is 28.6. The number of hydrogen-bond donors (Lipinski definition) is 0. The normalized spacial score (nSPS) is 13.6. The largest absolute Gasteiger partial charge is 0.454 e. The summed E-state index contributed by atoms with van der Waals surface area (Å²) in [6.07, 6.45) is 0. The van der Waals surface area contributed by atoms with Crippen molar-refractivity contribution in [1.29, 1.82) is 0 Å². The minimum atomic E-state index is -0.589. The summed E-state index contributed by atoms with van der Waals surface area (Å²) in [5.74, 6) is 2.28. The molecule has 0 saturated carbocycles. The van der Waals surface area contributed by atoms with Crippen molar-refractivity contribution in [2.75, 3.05) is 0 Å². The lowest BCUT2D eigenvalue weighted by atomic mass is 9.66. The van der Waals surface area contributed by atoms with Crippen LogP contribution >= 0.6 is 0 Å². The fourth-order valence-corrected chi connectivity index (χ4v) is 9.35. The summed E-state index contributed by atoms with van der Waals surface area (Å²) in [5.41, 5.74) is 11.5. The minimum Gasteiger partial charge on any atom is -0.454 e. The molecule has 0 amide bonds. The fourth-order valence-electron chi connectivity index (χ4n) is 9.35. The van der Waals surface area contributed by atoms with Gasteiger partial charge in [-0.3, -0.25) is 4.57 Å². The van der Waals surface area contributed by atoms with E-state index < -0.39 is 5.41 Å². The van der Waals surface area contributed by atoms with Gasteiger partial charge in [-0.25, -0.2) is 9.97 Å². The molecular formula is C49H29N3O. The highest BCUT2D eigenvalue weighted by atomic mass is 16.5. The first-order chi connectivity index (χ1) is 26.3. The number of aromatic nitrogens is 3. The van der Waals surface area contributed by atoms with Gasteiger partial charge in [0.15, 0.2) is 5.75 Å². The van der Waals surface area contributed by atoms with Gasteiger partial charge >= 0.3 is 0 Å². The van der Waals surface area contributed by atoms with E-state index in [1.54, 1.807) is 0 Å². The Bertz CT molecular complexity index is 3110. The third-order valence-electron chi connectivity index (χ3n) is 11.5. The molecule has 1 aliphatic heterocycles. The number of ether oxygens (including phenoxy) is 1. The van der Waals surface area contributed by atoms with Crippen molar-refractivity contribution >= 4 is 43.5 Å². The molecule has 0 atom stereocenters. The van der Waals surface area contributed by atoms with E-state index in [1.165, 1.54) is 22.3 Å². The Morgan fingerprint density at radius 1 is 0.434 bits per heavy atom. The van der Waals surface area contributed by atoms with Crippen LogP contribution in [0, 0.1) is 0 Å². The topological polar surface area (TPSA) is 39.9 Å². The molecule has 53 heavy (non-hydrogen) atoms. The van der Waals surface area contributed by atoms with E-state index in [2.05, 4.69) is 174 Å². The minimum absolute atomic E-state index is 0.589. The van der Waals surface area contributed by atoms with Gasteiger partial charge in [-0.15, -0.1) is 0 Å². The van der Waals surface area contributed by atoms with Crippen molar-refractivity contribution in [3.05, 3.63) is 198 Å². The lowest BCUT2D eigenvalue weighted by Gasteiger charge is -2.39. The quantitative estimate of drug-likeness (QED) is 0.183. The van der Waals surface area contributed by atoms with Gasteiger partial charge < -0.3 is 4.74 Å². The van der Waals surface area contributed by atoms with Crippen LogP contribution in [0.3, 0.4) is 0 Å². The highest BCUT2D eigenvalue weighted by Crippen LogP contribution is 2.63. The molecule has 4 heteroatoms. The molecule has 1 aliphatic carbocycles. The van der Waals surface area contributed by atoms with E-state index in [-0.39, 0.29) is 0 Å². The standard InChI is InChI=1S/C49H29N3O/c1-2-15-31(16-3-1)44-37-20-8-12-24-42(37)50-48(51-44)52-45-32-17-5-4-14-30(32)26-27-35(45)36-28-29-41-47(46(36)52)53-43-25-13-11-23-40(43)49(41)38-21-9-6-18-33(38)34-19-7-10-22-39(34)49/h1-29H. The van der Waals surface area contributed by atoms with E-state index in [9.17, 15) is 0 Å². The van der Waals surface area contributed by atoms with Crippen molar-refractivity contribution in [1.82, 2.24) is 14.5 Å². The third kappa shape index (κ3) is 3.69. The Kier molecular flexibility index (Phi) is 5.67. The molecule has 4 nitrogen and oxygen atoms in total. The van der Waals surface area contributed by atoms with Gasteiger partial charge in [0.2, 0.25) is 5.95 Å². The molecule has 2 aromatic heterocycles. The molecule has 1 spiro atoms. The first-order valence-electron chi connectivity index (χ1n) is 18.1. The summed E-state index contributed by atoms with van der Waals surface area (Å²) >= 11 is 0. The average Bonchev–Trinajstić information content (AvgIpc) is 3.73. The van der Waals surface area contributed by atoms with Crippen molar-refractivity contribution in [2.24, 2.45) is 0 Å². The van der Waals surface area contributed by atoms with Crippen LogP contribution < -0.4 is 4.74 Å². The van der Waals surface area contributed by atoms with E-state index >= 15 is 0 Å². The highest BCUT2D eigenvalue weighted by molar-refractivity contribution is 6.20. The molecule has 10 aromatic rings. The number of hydrogen-bond acceptors (Lipinski definition) is 3. The lowest BCUT2D eigenvalue weighted by molar-refractivity contribution is 0.440. The van der Waals surface area contributed by atoms with Gasteiger partial charge in [0.1, 0.15) is 11.3 Å². The Balaban J connectivity index is 1.29. The average molecular weight is 676 g/mol. The molecule has 246 valence electrons. The van der Waals surface area contributed by atoms with Crippen LogP contribution in [0.25, 0.3) is 71.8 Å². The third-order valence-corrected chi connectivity index (χ3v) is 11.5. The molecular weight excluding hydrogens is 647 g/mol. The Morgan fingerprint density at radius 3 is 1.87 bits per heavy atom. The molecule has 8 aromatic carbocycles. The fraction of sp³-hybridized carbons (Fsp3) is 0.0204. The van der Waals surface area contributed by atoms with Crippen molar-refractivity contribution < 1.29 is 4.74 Å². The van der Waals surface area contributed by atoms with Crippen molar-refractivity contribution in [3.63, 3.8) is 0 Å². The van der Waals surface area contributed by atoms with Crippen LogP contribution in [-0.2, 0) is 5.41 Å². The molecule has 0 N–H and O–H groups in total. The SMILES string of the molecule is c1ccc(-c2nc(-n3c4c5c(ccc4c4ccc6ccccc6c43)C3(c4ccccc4O5)c4ccccc4-c4ccccc43)nc3ccccc23)cc1. The van der Waals surface area contributed by atoms with Crippen molar-refractivity contribution in [2.45, 2.75) is 5.41 Å². The number of para-hydroxylation sites is 2. The maximum atomic E-state index is 7.24. The van der Waals surface area contributed by atoms with Crippen LogP contribution in [0.4, 0.5) is 0 Å². The van der Waals surface area contributed by atoms with E-state index in [0.29, 0.717) is 5.95 Å². The molecule has 3 heterocycles. The summed E-state index contributed by atoms with van der Waals surface area (Å²) in [4.78, 5) is 10.8. The zero-order valence-electron chi connectivity index (χ0n) is 28.5. The van der Waals surface area contributed by atoms with E-state index in [4.69, 9.17) is 14.7 Å². The maximum absolute atomic E-state index is 7.24. The molecule has 2 aliphatic rings. The molecule has 0 bridgehead atoms. The Labute approximate surface area is 305 Å². The predicted molar refractivity (Wildman–Crippen MR) is 214 cm³/mol. The molecule has 0 unspecified atom stereocenters. The second kappa shape index (κ2) is 10.5. The second-order valence-electron chi connectivity index (χ2n) is 14.1. The molecule has 12 rings (SSSR count).